The Morgan fingerprint density at radius 2 is 1.15 bits per heavy atom. The summed E-state index contributed by atoms with van der Waals surface area (Å²) in [4.78, 5) is 13.1. The van der Waals surface area contributed by atoms with Gasteiger partial charge in [-0.25, -0.2) is 0 Å². The van der Waals surface area contributed by atoms with Crippen LogP contribution in [0.15, 0.2) is 84.9 Å². The van der Waals surface area contributed by atoms with Gasteiger partial charge in [0, 0.05) is 18.8 Å². The lowest BCUT2D eigenvalue weighted by atomic mass is 10.1. The summed E-state index contributed by atoms with van der Waals surface area (Å²) in [6, 6.07) is 24.3. The number of benzene rings is 3. The average molecular weight is 450 g/mol. The third-order valence-electron chi connectivity index (χ3n) is 4.66. The van der Waals surface area contributed by atoms with E-state index in [0.29, 0.717) is 24.0 Å². The summed E-state index contributed by atoms with van der Waals surface area (Å²) in [5.41, 5.74) is 1.60. The zero-order chi connectivity index (χ0) is 23.1. The van der Waals surface area contributed by atoms with E-state index < -0.39 is 11.7 Å². The van der Waals surface area contributed by atoms with Gasteiger partial charge >= 0.3 is 6.18 Å². The zero-order valence-electron chi connectivity index (χ0n) is 17.5. The fourth-order valence-electron chi connectivity index (χ4n) is 3.06. The van der Waals surface area contributed by atoms with Crippen LogP contribution in [0.3, 0.4) is 0 Å². The van der Waals surface area contributed by atoms with Crippen LogP contribution in [0, 0.1) is 0 Å². The van der Waals surface area contributed by atoms with Gasteiger partial charge in [0.2, 0.25) is 17.8 Å². The molecule has 0 saturated carbocycles. The van der Waals surface area contributed by atoms with Gasteiger partial charge in [-0.15, -0.1) is 0 Å². The Balaban J connectivity index is 1.53. The third kappa shape index (κ3) is 6.42. The van der Waals surface area contributed by atoms with E-state index in [9.17, 15) is 13.2 Å². The molecule has 1 heterocycles. The number of alkyl halides is 3. The molecule has 0 aliphatic carbocycles. The molecule has 3 N–H and O–H groups in total. The molecule has 0 unspecified atom stereocenters. The van der Waals surface area contributed by atoms with Crippen molar-refractivity contribution < 1.29 is 13.2 Å². The van der Waals surface area contributed by atoms with Crippen molar-refractivity contribution >= 4 is 23.5 Å². The highest BCUT2D eigenvalue weighted by Gasteiger charge is 2.30. The molecule has 0 saturated heterocycles. The van der Waals surface area contributed by atoms with Crippen LogP contribution >= 0.6 is 0 Å². The molecule has 4 aromatic rings. The molecule has 9 heteroatoms. The molecule has 0 aliphatic rings. The average Bonchev–Trinajstić information content (AvgIpc) is 2.82. The van der Waals surface area contributed by atoms with E-state index in [1.165, 1.54) is 6.07 Å². The minimum absolute atomic E-state index is 0.122. The molecule has 168 valence electrons. The summed E-state index contributed by atoms with van der Waals surface area (Å²) in [5.74, 6) is 0.869. The van der Waals surface area contributed by atoms with E-state index in [0.717, 1.165) is 23.4 Å². The van der Waals surface area contributed by atoms with Crippen molar-refractivity contribution in [3.05, 3.63) is 102 Å². The van der Waals surface area contributed by atoms with E-state index in [1.807, 2.05) is 60.7 Å². The van der Waals surface area contributed by atoms with Crippen LogP contribution in [0.1, 0.15) is 16.7 Å². The van der Waals surface area contributed by atoms with Crippen LogP contribution in [0.5, 0.6) is 0 Å². The van der Waals surface area contributed by atoms with Gasteiger partial charge in [-0.2, -0.15) is 28.1 Å². The lowest BCUT2D eigenvalue weighted by Gasteiger charge is -2.12. The van der Waals surface area contributed by atoms with Crippen molar-refractivity contribution in [2.45, 2.75) is 19.3 Å². The van der Waals surface area contributed by atoms with Gasteiger partial charge in [0.25, 0.3) is 0 Å². The normalized spacial score (nSPS) is 11.1. The predicted molar refractivity (Wildman–Crippen MR) is 122 cm³/mol. The quantitative estimate of drug-likeness (QED) is 0.312. The summed E-state index contributed by atoms with van der Waals surface area (Å²) < 4.78 is 39.0. The van der Waals surface area contributed by atoms with E-state index in [-0.39, 0.29) is 12.5 Å². The van der Waals surface area contributed by atoms with Gasteiger partial charge in [0.15, 0.2) is 0 Å². The summed E-state index contributed by atoms with van der Waals surface area (Å²) in [7, 11) is 0. The number of halogens is 3. The topological polar surface area (TPSA) is 74.8 Å². The molecule has 6 nitrogen and oxygen atoms in total. The number of nitrogens with one attached hydrogen (secondary N) is 3. The van der Waals surface area contributed by atoms with Gasteiger partial charge in [-0.3, -0.25) is 0 Å². The molecule has 33 heavy (non-hydrogen) atoms. The highest BCUT2D eigenvalue weighted by molar-refractivity contribution is 5.55. The fourth-order valence-corrected chi connectivity index (χ4v) is 3.06. The first kappa shape index (κ1) is 22.1. The summed E-state index contributed by atoms with van der Waals surface area (Å²) >= 11 is 0. The highest BCUT2D eigenvalue weighted by atomic mass is 19.4. The molecular weight excluding hydrogens is 429 g/mol. The molecule has 0 amide bonds. The summed E-state index contributed by atoms with van der Waals surface area (Å²) in [5, 5.41) is 9.28. The van der Waals surface area contributed by atoms with Crippen LogP contribution in [-0.2, 0) is 19.3 Å². The number of anilines is 4. The largest absolute Gasteiger partial charge is 0.416 e. The summed E-state index contributed by atoms with van der Waals surface area (Å²) in [6.45, 7) is 0.625. The number of hydrogen-bond donors (Lipinski definition) is 3. The molecule has 1 aromatic heterocycles. The van der Waals surface area contributed by atoms with Crippen molar-refractivity contribution in [1.82, 2.24) is 15.0 Å². The fraction of sp³-hybridized carbons (Fsp3) is 0.125. The molecule has 0 spiro atoms. The second-order valence-corrected chi connectivity index (χ2v) is 7.19. The Morgan fingerprint density at radius 1 is 0.606 bits per heavy atom. The van der Waals surface area contributed by atoms with Crippen molar-refractivity contribution in [2.24, 2.45) is 0 Å². The molecule has 0 atom stereocenters. The van der Waals surface area contributed by atoms with Crippen LogP contribution in [0.2, 0.25) is 0 Å². The molecular formula is C24H21F3N6. The van der Waals surface area contributed by atoms with Crippen molar-refractivity contribution in [3.8, 4) is 0 Å². The Labute approximate surface area is 189 Å². The lowest BCUT2D eigenvalue weighted by molar-refractivity contribution is -0.137. The van der Waals surface area contributed by atoms with E-state index in [2.05, 4.69) is 30.9 Å². The Bertz CT molecular complexity index is 1180. The molecule has 0 aliphatic heterocycles. The Kier molecular flexibility index (Phi) is 6.68. The highest BCUT2D eigenvalue weighted by Crippen LogP contribution is 2.29. The van der Waals surface area contributed by atoms with Crippen molar-refractivity contribution in [2.75, 3.05) is 16.0 Å². The van der Waals surface area contributed by atoms with Crippen LogP contribution in [0.4, 0.5) is 36.7 Å². The number of rotatable bonds is 8. The standard InChI is InChI=1S/C24H21F3N6/c25-24(26,27)19-11-7-10-18(14-19)16-29-22-31-21(28-15-17-8-3-1-4-9-17)32-23(33-22)30-20-12-5-2-6-13-20/h1-14H,15-16H2,(H3,28,29,30,31,32,33). The smallest absolute Gasteiger partial charge is 0.350 e. The first-order valence-corrected chi connectivity index (χ1v) is 10.2. The maximum Gasteiger partial charge on any atom is 0.416 e. The monoisotopic (exact) mass is 450 g/mol. The number of hydrogen-bond acceptors (Lipinski definition) is 6. The van der Waals surface area contributed by atoms with E-state index in [1.54, 1.807) is 6.07 Å². The lowest BCUT2D eigenvalue weighted by Crippen LogP contribution is -2.12. The van der Waals surface area contributed by atoms with Crippen LogP contribution in [0.25, 0.3) is 0 Å². The van der Waals surface area contributed by atoms with Crippen molar-refractivity contribution in [1.29, 1.82) is 0 Å². The van der Waals surface area contributed by atoms with Gasteiger partial charge in [0.05, 0.1) is 5.56 Å². The minimum Gasteiger partial charge on any atom is -0.350 e. The number of aromatic nitrogens is 3. The molecule has 0 radical (unpaired) electrons. The minimum atomic E-state index is -4.40. The second kappa shape index (κ2) is 9.99. The maximum atomic E-state index is 13.0. The SMILES string of the molecule is FC(F)(F)c1cccc(CNc2nc(NCc3ccccc3)nc(Nc3ccccc3)n2)c1. The first-order valence-electron chi connectivity index (χ1n) is 10.2. The molecule has 3 aromatic carbocycles. The Hall–Kier alpha value is -4.14. The van der Waals surface area contributed by atoms with Crippen LogP contribution in [-0.4, -0.2) is 15.0 Å². The number of para-hydroxylation sites is 1. The second-order valence-electron chi connectivity index (χ2n) is 7.19. The van der Waals surface area contributed by atoms with Crippen molar-refractivity contribution in [3.63, 3.8) is 0 Å². The molecule has 0 bridgehead atoms. The molecule has 0 fully saturated rings. The zero-order valence-corrected chi connectivity index (χ0v) is 17.5. The van der Waals surface area contributed by atoms with E-state index >= 15 is 0 Å². The Morgan fingerprint density at radius 3 is 1.79 bits per heavy atom. The maximum absolute atomic E-state index is 13.0. The summed E-state index contributed by atoms with van der Waals surface area (Å²) in [6.07, 6.45) is -4.40. The first-order chi connectivity index (χ1) is 16.0. The predicted octanol–water partition coefficient (Wildman–Crippen LogP) is 5.86. The third-order valence-corrected chi connectivity index (χ3v) is 4.66. The van der Waals surface area contributed by atoms with Crippen LogP contribution < -0.4 is 16.0 Å². The van der Waals surface area contributed by atoms with Gasteiger partial charge in [-0.1, -0.05) is 60.7 Å². The number of nitrogens with zero attached hydrogens (tertiary/aromatic N) is 3. The van der Waals surface area contributed by atoms with Gasteiger partial charge in [0.1, 0.15) is 0 Å². The van der Waals surface area contributed by atoms with E-state index in [4.69, 9.17) is 0 Å². The van der Waals surface area contributed by atoms with Gasteiger partial charge < -0.3 is 16.0 Å². The molecule has 4 rings (SSSR count). The van der Waals surface area contributed by atoms with Gasteiger partial charge in [-0.05, 0) is 35.4 Å².